The number of rotatable bonds is 5. The van der Waals surface area contributed by atoms with Crippen molar-refractivity contribution in [2.75, 3.05) is 19.6 Å². The van der Waals surface area contributed by atoms with E-state index in [0.29, 0.717) is 25.4 Å². The van der Waals surface area contributed by atoms with Crippen molar-refractivity contribution < 1.29 is 17.3 Å². The minimum absolute atomic E-state index is 0.0683. The molecule has 0 aromatic carbocycles. The fourth-order valence-corrected chi connectivity index (χ4v) is 5.44. The van der Waals surface area contributed by atoms with E-state index >= 15 is 0 Å². The highest BCUT2D eigenvalue weighted by molar-refractivity contribution is 7.89. The van der Waals surface area contributed by atoms with Gasteiger partial charge >= 0.3 is 0 Å². The van der Waals surface area contributed by atoms with E-state index in [1.807, 2.05) is 12.1 Å². The maximum atomic E-state index is 12.6. The predicted molar refractivity (Wildman–Crippen MR) is 97.0 cm³/mol. The summed E-state index contributed by atoms with van der Waals surface area (Å²) in [6.45, 7) is 2.73. The Morgan fingerprint density at radius 3 is 2.58 bits per heavy atom. The number of hydrogen-bond donors (Lipinski definition) is 0. The average Bonchev–Trinajstić information content (AvgIpc) is 3.37. The summed E-state index contributed by atoms with van der Waals surface area (Å²) in [4.78, 5) is 2.34. The molecule has 2 aromatic rings. The summed E-state index contributed by atoms with van der Waals surface area (Å²) in [5.41, 5.74) is 0. The third-order valence-corrected chi connectivity index (χ3v) is 7.16. The Morgan fingerprint density at radius 1 is 1.00 bits per heavy atom. The fourth-order valence-electron chi connectivity index (χ4n) is 4.00. The molecule has 0 N–H and O–H groups in total. The molecule has 2 fully saturated rings. The van der Waals surface area contributed by atoms with Crippen LogP contribution in [0.25, 0.3) is 0 Å². The van der Waals surface area contributed by atoms with Gasteiger partial charge in [-0.3, -0.25) is 4.90 Å². The van der Waals surface area contributed by atoms with Gasteiger partial charge in [0.05, 0.1) is 18.8 Å². The molecule has 1 unspecified atom stereocenters. The molecule has 2 aromatic heterocycles. The Bertz CT molecular complexity index is 806. The Labute approximate surface area is 154 Å². The molecule has 0 amide bonds. The second-order valence-electron chi connectivity index (χ2n) is 7.18. The SMILES string of the molecule is O=S(=O)(c1ccc(CN2CCCCCC2c2ccco2)o1)N1CCCC1. The Kier molecular flexibility index (Phi) is 5.20. The average molecular weight is 378 g/mol. The fraction of sp³-hybridized carbons (Fsp3) is 0.579. The first-order chi connectivity index (χ1) is 12.6. The molecule has 2 aliphatic rings. The molecular formula is C19H26N2O4S. The summed E-state index contributed by atoms with van der Waals surface area (Å²) in [6, 6.07) is 7.56. The van der Waals surface area contributed by atoms with Gasteiger partial charge in [0.2, 0.25) is 5.09 Å². The molecule has 0 bridgehead atoms. The number of furan rings is 2. The molecular weight excluding hydrogens is 352 g/mol. The number of sulfonamides is 1. The molecule has 0 radical (unpaired) electrons. The minimum atomic E-state index is -3.49. The molecule has 4 rings (SSSR count). The predicted octanol–water partition coefficient (Wildman–Crippen LogP) is 3.77. The smallest absolute Gasteiger partial charge is 0.276 e. The zero-order chi connectivity index (χ0) is 18.0. The molecule has 2 aliphatic heterocycles. The summed E-state index contributed by atoms with van der Waals surface area (Å²) in [5, 5.41) is 0.0683. The van der Waals surface area contributed by atoms with Gasteiger partial charge in [0, 0.05) is 13.1 Å². The molecule has 6 nitrogen and oxygen atoms in total. The van der Waals surface area contributed by atoms with Crippen LogP contribution in [0.3, 0.4) is 0 Å². The lowest BCUT2D eigenvalue weighted by Gasteiger charge is -2.27. The first kappa shape index (κ1) is 17.8. The Balaban J connectivity index is 1.52. The first-order valence-corrected chi connectivity index (χ1v) is 10.9. The van der Waals surface area contributed by atoms with Crippen LogP contribution in [-0.2, 0) is 16.6 Å². The van der Waals surface area contributed by atoms with Gasteiger partial charge in [0.15, 0.2) is 0 Å². The molecule has 142 valence electrons. The maximum absolute atomic E-state index is 12.6. The van der Waals surface area contributed by atoms with Crippen molar-refractivity contribution in [3.05, 3.63) is 42.0 Å². The molecule has 0 spiro atoms. The van der Waals surface area contributed by atoms with Crippen molar-refractivity contribution in [2.45, 2.75) is 56.2 Å². The third-order valence-electron chi connectivity index (χ3n) is 5.39. The van der Waals surface area contributed by atoms with E-state index in [1.165, 1.54) is 17.1 Å². The van der Waals surface area contributed by atoms with Crippen LogP contribution in [0.1, 0.15) is 56.1 Å². The summed E-state index contributed by atoms with van der Waals surface area (Å²) in [6.07, 6.45) is 8.13. The largest absolute Gasteiger partial charge is 0.468 e. The van der Waals surface area contributed by atoms with Crippen molar-refractivity contribution >= 4 is 10.0 Å². The minimum Gasteiger partial charge on any atom is -0.468 e. The zero-order valence-corrected chi connectivity index (χ0v) is 15.8. The first-order valence-electron chi connectivity index (χ1n) is 9.51. The van der Waals surface area contributed by atoms with Crippen LogP contribution in [-0.4, -0.2) is 37.3 Å². The van der Waals surface area contributed by atoms with Gasteiger partial charge in [0.25, 0.3) is 10.0 Å². The molecule has 2 saturated heterocycles. The van der Waals surface area contributed by atoms with E-state index in [1.54, 1.807) is 18.4 Å². The van der Waals surface area contributed by atoms with Crippen LogP contribution in [0.5, 0.6) is 0 Å². The lowest BCUT2D eigenvalue weighted by atomic mass is 10.1. The monoisotopic (exact) mass is 378 g/mol. The number of hydrogen-bond acceptors (Lipinski definition) is 5. The highest BCUT2D eigenvalue weighted by Gasteiger charge is 2.31. The van der Waals surface area contributed by atoms with E-state index < -0.39 is 10.0 Å². The van der Waals surface area contributed by atoms with E-state index in [4.69, 9.17) is 8.83 Å². The maximum Gasteiger partial charge on any atom is 0.276 e. The van der Waals surface area contributed by atoms with Crippen LogP contribution in [0, 0.1) is 0 Å². The lowest BCUT2D eigenvalue weighted by Crippen LogP contribution is -2.28. The van der Waals surface area contributed by atoms with Crippen LogP contribution in [0.2, 0.25) is 0 Å². The second-order valence-corrected chi connectivity index (χ2v) is 9.05. The van der Waals surface area contributed by atoms with Crippen molar-refractivity contribution in [3.8, 4) is 0 Å². The van der Waals surface area contributed by atoms with Gasteiger partial charge in [0.1, 0.15) is 11.5 Å². The topological polar surface area (TPSA) is 66.9 Å². The molecule has 0 saturated carbocycles. The van der Waals surface area contributed by atoms with E-state index in [0.717, 1.165) is 38.0 Å². The third kappa shape index (κ3) is 3.61. The van der Waals surface area contributed by atoms with Crippen LogP contribution < -0.4 is 0 Å². The normalized spacial score (nSPS) is 23.3. The Hall–Kier alpha value is -1.57. The highest BCUT2D eigenvalue weighted by atomic mass is 32.2. The van der Waals surface area contributed by atoms with E-state index in [-0.39, 0.29) is 11.1 Å². The van der Waals surface area contributed by atoms with Crippen molar-refractivity contribution in [2.24, 2.45) is 0 Å². The van der Waals surface area contributed by atoms with E-state index in [9.17, 15) is 8.42 Å². The van der Waals surface area contributed by atoms with Gasteiger partial charge in [-0.15, -0.1) is 0 Å². The van der Waals surface area contributed by atoms with Crippen molar-refractivity contribution in [1.29, 1.82) is 0 Å². The number of likely N-dealkylation sites (tertiary alicyclic amines) is 1. The van der Waals surface area contributed by atoms with Gasteiger partial charge in [-0.1, -0.05) is 12.8 Å². The standard InChI is InChI=1S/C19H26N2O4S/c22-26(23,21-12-4-5-13-21)19-10-9-16(25-19)15-20-11-3-1-2-7-17(20)18-8-6-14-24-18/h6,8-10,14,17H,1-5,7,11-13,15H2. The highest BCUT2D eigenvalue weighted by Crippen LogP contribution is 2.32. The van der Waals surface area contributed by atoms with Crippen molar-refractivity contribution in [3.63, 3.8) is 0 Å². The molecule has 7 heteroatoms. The summed E-state index contributed by atoms with van der Waals surface area (Å²) in [5.74, 6) is 1.67. The van der Waals surface area contributed by atoms with Crippen LogP contribution in [0.4, 0.5) is 0 Å². The second kappa shape index (κ2) is 7.58. The Morgan fingerprint density at radius 2 is 1.81 bits per heavy atom. The summed E-state index contributed by atoms with van der Waals surface area (Å²) < 4.78 is 38.2. The van der Waals surface area contributed by atoms with Gasteiger partial charge in [-0.05, 0) is 56.5 Å². The zero-order valence-electron chi connectivity index (χ0n) is 15.0. The van der Waals surface area contributed by atoms with Gasteiger partial charge < -0.3 is 8.83 Å². The van der Waals surface area contributed by atoms with Crippen LogP contribution in [0.15, 0.2) is 44.5 Å². The molecule has 4 heterocycles. The molecule has 0 aliphatic carbocycles. The van der Waals surface area contributed by atoms with Crippen LogP contribution >= 0.6 is 0 Å². The van der Waals surface area contributed by atoms with Gasteiger partial charge in [-0.2, -0.15) is 4.31 Å². The lowest BCUT2D eigenvalue weighted by molar-refractivity contribution is 0.154. The van der Waals surface area contributed by atoms with E-state index in [2.05, 4.69) is 4.90 Å². The quantitative estimate of drug-likeness (QED) is 0.792. The summed E-state index contributed by atoms with van der Waals surface area (Å²) >= 11 is 0. The molecule has 1 atom stereocenters. The number of nitrogens with zero attached hydrogens (tertiary/aromatic N) is 2. The summed E-state index contributed by atoms with van der Waals surface area (Å²) in [7, 11) is -3.49. The van der Waals surface area contributed by atoms with Crippen molar-refractivity contribution in [1.82, 2.24) is 9.21 Å². The molecule has 26 heavy (non-hydrogen) atoms. The van der Waals surface area contributed by atoms with Gasteiger partial charge in [-0.25, -0.2) is 8.42 Å².